The van der Waals surface area contributed by atoms with Crippen LogP contribution in [-0.4, -0.2) is 119 Å². The maximum atomic E-state index is 14.9. The van der Waals surface area contributed by atoms with Gasteiger partial charge in [0.2, 0.25) is 5.91 Å². The van der Waals surface area contributed by atoms with Gasteiger partial charge in [-0.25, -0.2) is 9.97 Å². The van der Waals surface area contributed by atoms with Gasteiger partial charge in [0.15, 0.2) is 10.9 Å². The summed E-state index contributed by atoms with van der Waals surface area (Å²) in [6.07, 6.45) is 3.04. The quantitative estimate of drug-likeness (QED) is 0.119. The Morgan fingerprint density at radius 1 is 1.03 bits per heavy atom. The summed E-state index contributed by atoms with van der Waals surface area (Å²) in [7, 11) is 0. The molecule has 0 radical (unpaired) electrons. The molecule has 8 atom stereocenters. The number of carboxylic acid groups (broad SMARTS) is 1. The number of anilines is 1. The lowest BCUT2D eigenvalue weighted by molar-refractivity contribution is -0.157. The van der Waals surface area contributed by atoms with E-state index in [1.54, 1.807) is 11.0 Å². The molecule has 0 spiro atoms. The van der Waals surface area contributed by atoms with Crippen LogP contribution < -0.4 is 14.8 Å². The van der Waals surface area contributed by atoms with Gasteiger partial charge in [0, 0.05) is 55.4 Å². The summed E-state index contributed by atoms with van der Waals surface area (Å²) in [4.78, 5) is 69.1. The molecular formula is C47H62ClN5O9S. The van der Waals surface area contributed by atoms with Crippen molar-refractivity contribution < 1.29 is 43.2 Å². The molecule has 1 amide bonds. The highest BCUT2D eigenvalue weighted by Gasteiger charge is 2.61. The predicted octanol–water partition coefficient (Wildman–Crippen LogP) is 7.75. The van der Waals surface area contributed by atoms with Crippen LogP contribution >= 0.6 is 22.9 Å². The normalized spacial score (nSPS) is 27.3. The second-order valence-corrected chi connectivity index (χ2v) is 21.0. The number of carboxylic acids is 1. The van der Waals surface area contributed by atoms with Gasteiger partial charge in [-0.2, -0.15) is 0 Å². The zero-order valence-electron chi connectivity index (χ0n) is 37.3. The number of hydrogen-bond acceptors (Lipinski definition) is 13. The van der Waals surface area contributed by atoms with E-state index in [1.165, 1.54) is 17.8 Å². The second kappa shape index (κ2) is 18.4. The van der Waals surface area contributed by atoms with E-state index >= 15 is 0 Å². The number of ketones is 1. The monoisotopic (exact) mass is 907 g/mol. The summed E-state index contributed by atoms with van der Waals surface area (Å²) < 4.78 is 24.5. The number of Topliss-reactive ketones (excluding diaryl/α,β-unsaturated/α-hetero) is 1. The van der Waals surface area contributed by atoms with Gasteiger partial charge in [-0.3, -0.25) is 24.1 Å². The highest BCUT2D eigenvalue weighted by Crippen LogP contribution is 2.58. The summed E-state index contributed by atoms with van der Waals surface area (Å²) in [6, 6.07) is 4.68. The van der Waals surface area contributed by atoms with Crippen molar-refractivity contribution in [2.75, 3.05) is 51.3 Å². The number of ether oxygens (including phenoxy) is 4. The zero-order valence-corrected chi connectivity index (χ0v) is 38.9. The second-order valence-electron chi connectivity index (χ2n) is 19.8. The molecule has 63 heavy (non-hydrogen) atoms. The van der Waals surface area contributed by atoms with Crippen LogP contribution in [0.5, 0.6) is 11.5 Å². The summed E-state index contributed by atoms with van der Waals surface area (Å²) in [5, 5.41) is 17.2. The first-order valence-electron chi connectivity index (χ1n) is 22.7. The number of nitrogens with zero attached hydrogens (tertiary/aromatic N) is 4. The minimum atomic E-state index is -1.15. The van der Waals surface area contributed by atoms with Gasteiger partial charge in [-0.05, 0) is 74.8 Å². The number of carbonyl (C=O) groups excluding carboxylic acids is 3. The Hall–Kier alpha value is -4.05. The van der Waals surface area contributed by atoms with Crippen molar-refractivity contribution in [2.24, 2.45) is 34.5 Å². The Morgan fingerprint density at radius 3 is 2.44 bits per heavy atom. The van der Waals surface area contributed by atoms with E-state index in [0.29, 0.717) is 89.9 Å². The number of halogens is 1. The molecular weight excluding hydrogens is 846 g/mol. The summed E-state index contributed by atoms with van der Waals surface area (Å²) in [6.45, 7) is 16.0. The van der Waals surface area contributed by atoms with Gasteiger partial charge in [-0.15, -0.1) is 11.3 Å². The SMILES string of the molecule is CC[C@@H]1C[C@]1(CC(=O)[C@@H]1C[C@@H](Oc2cc(-c3csc(NC(C)C)n3)nc3c(Cl)c(OCCN4CCOCC4)ccc23)CN1C(=O)[C@@H](CC(=O)OC1C[C@@H]2C[C@@H]2C1)C(C)(C)C)C(=O)O. The maximum absolute atomic E-state index is 14.9. The lowest BCUT2D eigenvalue weighted by Gasteiger charge is -2.35. The number of aliphatic carboxylic acids is 1. The fraction of sp³-hybridized carbons (Fsp3) is 0.660. The van der Waals surface area contributed by atoms with Crippen LogP contribution in [0.1, 0.15) is 92.9 Å². The van der Waals surface area contributed by atoms with Crippen molar-refractivity contribution in [3.05, 3.63) is 28.6 Å². The van der Waals surface area contributed by atoms with Crippen LogP contribution in [0.3, 0.4) is 0 Å². The van der Waals surface area contributed by atoms with Crippen LogP contribution in [0, 0.1) is 34.5 Å². The van der Waals surface area contributed by atoms with Crippen molar-refractivity contribution in [3.63, 3.8) is 0 Å². The van der Waals surface area contributed by atoms with Crippen molar-refractivity contribution in [1.29, 1.82) is 0 Å². The number of benzene rings is 1. The third-order valence-corrected chi connectivity index (χ3v) is 15.0. The van der Waals surface area contributed by atoms with Crippen LogP contribution in [0.25, 0.3) is 22.3 Å². The first-order chi connectivity index (χ1) is 30.0. The van der Waals surface area contributed by atoms with Gasteiger partial charge in [-0.1, -0.05) is 45.7 Å². The molecule has 1 unspecified atom stereocenters. The molecule has 2 aliphatic heterocycles. The maximum Gasteiger partial charge on any atom is 0.310 e. The number of aromatic nitrogens is 2. The highest BCUT2D eigenvalue weighted by atomic mass is 35.5. The molecule has 2 aromatic heterocycles. The van der Waals surface area contributed by atoms with E-state index in [-0.39, 0.29) is 55.6 Å². The average molecular weight is 909 g/mol. The molecule has 4 heterocycles. The minimum Gasteiger partial charge on any atom is -0.491 e. The van der Waals surface area contributed by atoms with E-state index in [4.69, 9.17) is 40.5 Å². The van der Waals surface area contributed by atoms with Crippen LogP contribution in [-0.2, 0) is 28.7 Å². The number of carbonyl (C=O) groups is 4. The lowest BCUT2D eigenvalue weighted by atomic mass is 9.77. The van der Waals surface area contributed by atoms with Gasteiger partial charge >= 0.3 is 11.9 Å². The molecule has 1 aromatic carbocycles. The Morgan fingerprint density at radius 2 is 1.78 bits per heavy atom. The topological polar surface area (TPSA) is 170 Å². The predicted molar refractivity (Wildman–Crippen MR) is 240 cm³/mol. The smallest absolute Gasteiger partial charge is 0.310 e. The number of esters is 1. The van der Waals surface area contributed by atoms with E-state index in [2.05, 4.69) is 10.2 Å². The van der Waals surface area contributed by atoms with Crippen molar-refractivity contribution in [1.82, 2.24) is 19.8 Å². The standard InChI is InChI=1S/C47H62ClN5O9S/c1-7-29-22-47(29,44(57)58)23-37(54)36-19-31(24-53(36)43(56)33(46(4,5)6)20-40(55)62-30-17-27-16-28(27)18-30)61-39-21-34(35-25-63-45(51-35)49-26(2)3)50-42-32(39)8-9-38(41(42)48)60-15-12-52-10-13-59-14-11-52/h8-9,21,25-31,33,36H,7,10-20,22-24H2,1-6H3,(H,49,51)(H,57,58)/t27-,28+,29-,30?,31-,33-,36+,47-/m1/s1. The first kappa shape index (κ1) is 45.5. The number of pyridine rings is 1. The van der Waals surface area contributed by atoms with Crippen LogP contribution in [0.15, 0.2) is 23.6 Å². The molecule has 16 heteroatoms. The number of amides is 1. The Kier molecular flexibility index (Phi) is 13.3. The van der Waals surface area contributed by atoms with E-state index in [9.17, 15) is 24.3 Å². The molecule has 8 rings (SSSR count). The molecule has 5 aliphatic rings. The number of hydrogen-bond donors (Lipinski definition) is 2. The fourth-order valence-corrected chi connectivity index (χ4v) is 11.1. The third kappa shape index (κ3) is 10.1. The summed E-state index contributed by atoms with van der Waals surface area (Å²) in [5.41, 5.74) is -0.223. The van der Waals surface area contributed by atoms with Crippen LogP contribution in [0.4, 0.5) is 5.13 Å². The van der Waals surface area contributed by atoms with Crippen molar-refractivity contribution >= 4 is 62.6 Å². The first-order valence-corrected chi connectivity index (χ1v) is 24.0. The largest absolute Gasteiger partial charge is 0.491 e. The molecule has 342 valence electrons. The highest BCUT2D eigenvalue weighted by molar-refractivity contribution is 7.14. The van der Waals surface area contributed by atoms with Gasteiger partial charge < -0.3 is 34.3 Å². The van der Waals surface area contributed by atoms with Gasteiger partial charge in [0.1, 0.15) is 41.0 Å². The molecule has 2 saturated heterocycles. The Balaban J connectivity index is 1.09. The van der Waals surface area contributed by atoms with E-state index in [1.807, 2.05) is 59.1 Å². The summed E-state index contributed by atoms with van der Waals surface area (Å²) in [5.74, 6) is -0.785. The third-order valence-electron chi connectivity index (χ3n) is 13.9. The molecule has 3 aliphatic carbocycles. The zero-order chi connectivity index (χ0) is 44.8. The van der Waals surface area contributed by atoms with Crippen molar-refractivity contribution in [3.8, 4) is 22.9 Å². The molecule has 3 aromatic rings. The summed E-state index contributed by atoms with van der Waals surface area (Å²) >= 11 is 8.58. The van der Waals surface area contributed by atoms with Gasteiger partial charge in [0.05, 0.1) is 54.8 Å². The van der Waals surface area contributed by atoms with E-state index < -0.39 is 40.8 Å². The Labute approximate surface area is 378 Å². The van der Waals surface area contributed by atoms with Crippen LogP contribution in [0.2, 0.25) is 5.02 Å². The van der Waals surface area contributed by atoms with E-state index in [0.717, 1.165) is 31.1 Å². The van der Waals surface area contributed by atoms with Gasteiger partial charge in [0.25, 0.3) is 0 Å². The molecule has 3 saturated carbocycles. The minimum absolute atomic E-state index is 0.0505. The number of rotatable bonds is 18. The van der Waals surface area contributed by atoms with Crippen molar-refractivity contribution in [2.45, 2.75) is 117 Å². The fourth-order valence-electron chi connectivity index (χ4n) is 9.99. The number of fused-ring (bicyclic) bond motifs is 2. The molecule has 0 bridgehead atoms. The number of nitrogens with one attached hydrogen (secondary N) is 1. The average Bonchev–Trinajstić information content (AvgIpc) is 3.91. The Bertz CT molecular complexity index is 2200. The number of morpholine rings is 1. The molecule has 5 fully saturated rings. The molecule has 14 nitrogen and oxygen atoms in total. The lowest BCUT2D eigenvalue weighted by Crippen LogP contribution is -2.48. The number of thiazole rings is 1. The molecule has 2 N–H and O–H groups in total. The number of likely N-dealkylation sites (tertiary alicyclic amines) is 1.